The standard InChI is InChI=1S/C11H10N2O3/c1-16-9-3-2-4-13-10(9)7-5-12-6-8(7)11(14)15/h2-6,12H,1H3,(H,14,15). The molecule has 2 aromatic heterocycles. The van der Waals surface area contributed by atoms with Gasteiger partial charge in [0.15, 0.2) is 0 Å². The predicted molar refractivity (Wildman–Crippen MR) is 57.5 cm³/mol. The van der Waals surface area contributed by atoms with Gasteiger partial charge in [-0.15, -0.1) is 0 Å². The largest absolute Gasteiger partial charge is 0.494 e. The number of nitrogens with zero attached hydrogens (tertiary/aromatic N) is 1. The monoisotopic (exact) mass is 218 g/mol. The van der Waals surface area contributed by atoms with Crippen LogP contribution in [0.25, 0.3) is 11.3 Å². The summed E-state index contributed by atoms with van der Waals surface area (Å²) in [6.45, 7) is 0. The number of carbonyl (C=O) groups is 1. The molecule has 0 aliphatic rings. The Morgan fingerprint density at radius 3 is 3.00 bits per heavy atom. The zero-order valence-corrected chi connectivity index (χ0v) is 8.60. The van der Waals surface area contributed by atoms with E-state index in [4.69, 9.17) is 9.84 Å². The Bertz CT molecular complexity index is 519. The number of rotatable bonds is 3. The molecule has 0 amide bonds. The first-order valence-corrected chi connectivity index (χ1v) is 4.63. The summed E-state index contributed by atoms with van der Waals surface area (Å²) in [6, 6.07) is 3.47. The van der Waals surface area contributed by atoms with E-state index >= 15 is 0 Å². The minimum Gasteiger partial charge on any atom is -0.494 e. The van der Waals surface area contributed by atoms with Crippen molar-refractivity contribution in [2.45, 2.75) is 0 Å². The molecule has 0 bridgehead atoms. The molecule has 0 radical (unpaired) electrons. The molecule has 0 unspecified atom stereocenters. The van der Waals surface area contributed by atoms with Crippen molar-refractivity contribution in [2.24, 2.45) is 0 Å². The van der Waals surface area contributed by atoms with Gasteiger partial charge in [-0.1, -0.05) is 0 Å². The fourth-order valence-corrected chi connectivity index (χ4v) is 1.49. The molecule has 2 heterocycles. The summed E-state index contributed by atoms with van der Waals surface area (Å²) in [6.07, 6.45) is 4.61. The quantitative estimate of drug-likeness (QED) is 0.823. The van der Waals surface area contributed by atoms with Crippen LogP contribution in [0, 0.1) is 0 Å². The molecule has 0 fully saturated rings. The molecule has 0 aliphatic heterocycles. The highest BCUT2D eigenvalue weighted by atomic mass is 16.5. The number of ether oxygens (including phenoxy) is 1. The lowest BCUT2D eigenvalue weighted by atomic mass is 10.1. The van der Waals surface area contributed by atoms with Crippen molar-refractivity contribution >= 4 is 5.97 Å². The van der Waals surface area contributed by atoms with Gasteiger partial charge >= 0.3 is 5.97 Å². The third-order valence-corrected chi connectivity index (χ3v) is 2.22. The first kappa shape index (κ1) is 10.2. The second-order valence-electron chi connectivity index (χ2n) is 3.14. The summed E-state index contributed by atoms with van der Waals surface area (Å²) >= 11 is 0. The Hall–Kier alpha value is -2.30. The third-order valence-electron chi connectivity index (χ3n) is 2.22. The summed E-state index contributed by atoms with van der Waals surface area (Å²) in [4.78, 5) is 17.8. The number of nitrogens with one attached hydrogen (secondary N) is 1. The molecule has 2 N–H and O–H groups in total. The number of pyridine rings is 1. The van der Waals surface area contributed by atoms with Crippen LogP contribution in [-0.4, -0.2) is 28.2 Å². The van der Waals surface area contributed by atoms with E-state index in [0.29, 0.717) is 17.0 Å². The van der Waals surface area contributed by atoms with Crippen LogP contribution < -0.4 is 4.74 Å². The average molecular weight is 218 g/mol. The van der Waals surface area contributed by atoms with Gasteiger partial charge in [0.1, 0.15) is 11.4 Å². The lowest BCUT2D eigenvalue weighted by Crippen LogP contribution is -1.98. The van der Waals surface area contributed by atoms with Crippen molar-refractivity contribution in [3.63, 3.8) is 0 Å². The number of aromatic amines is 1. The maximum absolute atomic E-state index is 11.0. The second-order valence-corrected chi connectivity index (χ2v) is 3.14. The fourth-order valence-electron chi connectivity index (χ4n) is 1.49. The first-order valence-electron chi connectivity index (χ1n) is 4.63. The van der Waals surface area contributed by atoms with Gasteiger partial charge in [0.25, 0.3) is 0 Å². The molecule has 2 aromatic rings. The maximum atomic E-state index is 11.0. The van der Waals surface area contributed by atoms with Crippen LogP contribution in [-0.2, 0) is 0 Å². The fraction of sp³-hybridized carbons (Fsp3) is 0.0909. The molecule has 5 nitrogen and oxygen atoms in total. The molecular formula is C11H10N2O3. The van der Waals surface area contributed by atoms with Crippen LogP contribution in [0.15, 0.2) is 30.7 Å². The topological polar surface area (TPSA) is 75.2 Å². The van der Waals surface area contributed by atoms with Gasteiger partial charge in [0, 0.05) is 24.2 Å². The molecule has 0 saturated carbocycles. The third kappa shape index (κ3) is 1.63. The Balaban J connectivity index is 2.58. The Labute approximate surface area is 91.7 Å². The normalized spacial score (nSPS) is 10.1. The van der Waals surface area contributed by atoms with Gasteiger partial charge in [0.05, 0.1) is 12.7 Å². The summed E-state index contributed by atoms with van der Waals surface area (Å²) in [5, 5.41) is 8.99. The molecule has 0 aliphatic carbocycles. The van der Waals surface area contributed by atoms with Crippen molar-refractivity contribution in [3.8, 4) is 17.0 Å². The number of aromatic nitrogens is 2. The van der Waals surface area contributed by atoms with Crippen LogP contribution in [0.1, 0.15) is 10.4 Å². The lowest BCUT2D eigenvalue weighted by molar-refractivity contribution is 0.0698. The Morgan fingerprint density at radius 1 is 1.50 bits per heavy atom. The van der Waals surface area contributed by atoms with Gasteiger partial charge in [-0.3, -0.25) is 4.98 Å². The smallest absolute Gasteiger partial charge is 0.337 e. The number of carboxylic acid groups (broad SMARTS) is 1. The van der Waals surface area contributed by atoms with Gasteiger partial charge in [0.2, 0.25) is 0 Å². The van der Waals surface area contributed by atoms with Crippen molar-refractivity contribution in [3.05, 3.63) is 36.3 Å². The molecular weight excluding hydrogens is 208 g/mol. The molecule has 16 heavy (non-hydrogen) atoms. The highest BCUT2D eigenvalue weighted by Crippen LogP contribution is 2.29. The van der Waals surface area contributed by atoms with Gasteiger partial charge in [-0.05, 0) is 12.1 Å². The molecule has 82 valence electrons. The molecule has 0 atom stereocenters. The summed E-state index contributed by atoms with van der Waals surface area (Å²) in [7, 11) is 1.52. The zero-order chi connectivity index (χ0) is 11.5. The summed E-state index contributed by atoms with van der Waals surface area (Å²) in [5.74, 6) is -0.450. The second kappa shape index (κ2) is 4.06. The van der Waals surface area contributed by atoms with E-state index < -0.39 is 5.97 Å². The molecule has 0 spiro atoms. The number of H-pyrrole nitrogens is 1. The van der Waals surface area contributed by atoms with Crippen LogP contribution in [0.4, 0.5) is 0 Å². The minimum absolute atomic E-state index is 0.178. The van der Waals surface area contributed by atoms with Gasteiger partial charge in [-0.2, -0.15) is 0 Å². The van der Waals surface area contributed by atoms with Crippen molar-refractivity contribution in [2.75, 3.05) is 7.11 Å². The van der Waals surface area contributed by atoms with E-state index in [1.165, 1.54) is 13.3 Å². The van der Waals surface area contributed by atoms with Crippen molar-refractivity contribution in [1.29, 1.82) is 0 Å². The van der Waals surface area contributed by atoms with Crippen LogP contribution >= 0.6 is 0 Å². The SMILES string of the molecule is COc1cccnc1-c1c[nH]cc1C(=O)O. The maximum Gasteiger partial charge on any atom is 0.337 e. The lowest BCUT2D eigenvalue weighted by Gasteiger charge is -2.05. The number of carboxylic acids is 1. The number of hydrogen-bond acceptors (Lipinski definition) is 3. The average Bonchev–Trinajstić information content (AvgIpc) is 2.77. The Morgan fingerprint density at radius 2 is 2.31 bits per heavy atom. The van der Waals surface area contributed by atoms with E-state index in [9.17, 15) is 4.79 Å². The number of hydrogen-bond donors (Lipinski definition) is 2. The van der Waals surface area contributed by atoms with E-state index in [2.05, 4.69) is 9.97 Å². The zero-order valence-electron chi connectivity index (χ0n) is 8.60. The van der Waals surface area contributed by atoms with Crippen LogP contribution in [0.5, 0.6) is 5.75 Å². The summed E-state index contributed by atoms with van der Waals surface area (Å²) < 4.78 is 5.13. The summed E-state index contributed by atoms with van der Waals surface area (Å²) in [5.41, 5.74) is 1.21. The van der Waals surface area contributed by atoms with E-state index in [-0.39, 0.29) is 5.56 Å². The molecule has 0 aromatic carbocycles. The predicted octanol–water partition coefficient (Wildman–Crippen LogP) is 1.78. The Kier molecular flexibility index (Phi) is 2.59. The van der Waals surface area contributed by atoms with Crippen molar-refractivity contribution < 1.29 is 14.6 Å². The van der Waals surface area contributed by atoms with Gasteiger partial charge in [-0.25, -0.2) is 4.79 Å². The van der Waals surface area contributed by atoms with Gasteiger partial charge < -0.3 is 14.8 Å². The highest BCUT2D eigenvalue weighted by molar-refractivity contribution is 5.96. The minimum atomic E-state index is -0.996. The van der Waals surface area contributed by atoms with E-state index in [0.717, 1.165) is 0 Å². The highest BCUT2D eigenvalue weighted by Gasteiger charge is 2.16. The van der Waals surface area contributed by atoms with E-state index in [1.54, 1.807) is 24.5 Å². The van der Waals surface area contributed by atoms with E-state index in [1.807, 2.05) is 0 Å². The molecule has 2 rings (SSSR count). The number of methoxy groups -OCH3 is 1. The molecule has 5 heteroatoms. The number of aromatic carboxylic acids is 1. The molecule has 0 saturated heterocycles. The van der Waals surface area contributed by atoms with Crippen LogP contribution in [0.3, 0.4) is 0 Å². The first-order chi connectivity index (χ1) is 7.74. The van der Waals surface area contributed by atoms with Crippen LogP contribution in [0.2, 0.25) is 0 Å². The van der Waals surface area contributed by atoms with Crippen molar-refractivity contribution in [1.82, 2.24) is 9.97 Å².